The lowest BCUT2D eigenvalue weighted by Crippen LogP contribution is -2.42. The van der Waals surface area contributed by atoms with Gasteiger partial charge in [0, 0.05) is 43.6 Å². The Morgan fingerprint density at radius 2 is 1.40 bits per heavy atom. The molecule has 0 aromatic heterocycles. The molecule has 0 saturated carbocycles. The molecule has 2 saturated heterocycles. The van der Waals surface area contributed by atoms with Crippen molar-refractivity contribution in [3.05, 3.63) is 24.3 Å². The summed E-state index contributed by atoms with van der Waals surface area (Å²) in [6.45, 7) is 8.11. The third-order valence-corrected chi connectivity index (χ3v) is 4.67. The second-order valence-electron chi connectivity index (χ2n) is 6.03. The highest BCUT2D eigenvalue weighted by Gasteiger charge is 2.19. The van der Waals surface area contributed by atoms with Crippen molar-refractivity contribution in [2.24, 2.45) is 0 Å². The molecule has 0 spiro atoms. The molecule has 1 aromatic rings. The van der Waals surface area contributed by atoms with Crippen LogP contribution >= 0.6 is 0 Å². The van der Waals surface area contributed by atoms with E-state index >= 15 is 0 Å². The van der Waals surface area contributed by atoms with Gasteiger partial charge in [-0.05, 0) is 56.5 Å². The summed E-state index contributed by atoms with van der Waals surface area (Å²) < 4.78 is 0. The topological polar surface area (TPSA) is 18.5 Å². The van der Waals surface area contributed by atoms with Crippen LogP contribution < -0.4 is 15.1 Å². The minimum absolute atomic E-state index is 0.722. The molecule has 0 amide bonds. The zero-order chi connectivity index (χ0) is 13.8. The van der Waals surface area contributed by atoms with Gasteiger partial charge in [-0.1, -0.05) is 6.92 Å². The second-order valence-corrected chi connectivity index (χ2v) is 6.03. The Balaban J connectivity index is 1.58. The summed E-state index contributed by atoms with van der Waals surface area (Å²) in [5.74, 6) is 0. The molecular formula is C17H27N3. The SMILES string of the molecule is CCNC1CCN(c2ccc(N3CCCC3)cc2)CC1. The molecule has 2 aliphatic rings. The predicted octanol–water partition coefficient (Wildman–Crippen LogP) is 2.87. The molecule has 1 N–H and O–H groups in total. The lowest BCUT2D eigenvalue weighted by atomic mass is 10.0. The summed E-state index contributed by atoms with van der Waals surface area (Å²) in [4.78, 5) is 5.03. The number of nitrogens with one attached hydrogen (secondary N) is 1. The molecule has 110 valence electrons. The Labute approximate surface area is 123 Å². The van der Waals surface area contributed by atoms with Gasteiger partial charge in [0.25, 0.3) is 0 Å². The maximum atomic E-state index is 3.57. The van der Waals surface area contributed by atoms with Gasteiger partial charge in [0.15, 0.2) is 0 Å². The minimum Gasteiger partial charge on any atom is -0.372 e. The van der Waals surface area contributed by atoms with Gasteiger partial charge in [-0.2, -0.15) is 0 Å². The van der Waals surface area contributed by atoms with Gasteiger partial charge in [0.2, 0.25) is 0 Å². The number of hydrogen-bond acceptors (Lipinski definition) is 3. The highest BCUT2D eigenvalue weighted by Crippen LogP contribution is 2.25. The van der Waals surface area contributed by atoms with Crippen LogP contribution in [0.1, 0.15) is 32.6 Å². The van der Waals surface area contributed by atoms with Gasteiger partial charge >= 0.3 is 0 Å². The molecule has 0 unspecified atom stereocenters. The lowest BCUT2D eigenvalue weighted by molar-refractivity contribution is 0.424. The Kier molecular flexibility index (Phi) is 4.46. The highest BCUT2D eigenvalue weighted by molar-refractivity contribution is 5.57. The first-order valence-electron chi connectivity index (χ1n) is 8.20. The van der Waals surface area contributed by atoms with Crippen LogP contribution in [0.2, 0.25) is 0 Å². The smallest absolute Gasteiger partial charge is 0.0367 e. The van der Waals surface area contributed by atoms with E-state index < -0.39 is 0 Å². The molecule has 3 rings (SSSR count). The third-order valence-electron chi connectivity index (χ3n) is 4.67. The van der Waals surface area contributed by atoms with Crippen LogP contribution in [-0.2, 0) is 0 Å². The maximum Gasteiger partial charge on any atom is 0.0367 e. The molecule has 2 fully saturated rings. The van der Waals surface area contributed by atoms with Crippen LogP contribution in [0.4, 0.5) is 11.4 Å². The van der Waals surface area contributed by atoms with Crippen molar-refractivity contribution in [3.8, 4) is 0 Å². The minimum atomic E-state index is 0.722. The van der Waals surface area contributed by atoms with Crippen molar-refractivity contribution in [1.82, 2.24) is 5.32 Å². The van der Waals surface area contributed by atoms with Gasteiger partial charge < -0.3 is 15.1 Å². The van der Waals surface area contributed by atoms with E-state index in [2.05, 4.69) is 46.3 Å². The van der Waals surface area contributed by atoms with E-state index in [4.69, 9.17) is 0 Å². The second kappa shape index (κ2) is 6.49. The molecule has 1 aromatic carbocycles. The third kappa shape index (κ3) is 3.09. The molecule has 0 atom stereocenters. The standard InChI is InChI=1S/C17H27N3/c1-2-18-15-9-13-20(14-10-15)17-7-5-16(6-8-17)19-11-3-4-12-19/h5-8,15,18H,2-4,9-14H2,1H3. The molecule has 2 heterocycles. The first-order valence-corrected chi connectivity index (χ1v) is 8.20. The van der Waals surface area contributed by atoms with Crippen LogP contribution in [0.25, 0.3) is 0 Å². The molecule has 0 aliphatic carbocycles. The van der Waals surface area contributed by atoms with E-state index in [0.717, 1.165) is 12.6 Å². The fourth-order valence-corrected chi connectivity index (χ4v) is 3.48. The molecule has 0 bridgehead atoms. The first-order chi connectivity index (χ1) is 9.86. The Bertz CT molecular complexity index is 401. The number of piperidine rings is 1. The van der Waals surface area contributed by atoms with E-state index in [-0.39, 0.29) is 0 Å². The Morgan fingerprint density at radius 1 is 0.900 bits per heavy atom. The number of hydrogen-bond donors (Lipinski definition) is 1. The van der Waals surface area contributed by atoms with E-state index in [1.54, 1.807) is 0 Å². The summed E-state index contributed by atoms with van der Waals surface area (Å²) in [5, 5.41) is 3.57. The van der Waals surface area contributed by atoms with Crippen LogP contribution in [0.15, 0.2) is 24.3 Å². The average Bonchev–Trinajstić information content (AvgIpc) is 3.03. The van der Waals surface area contributed by atoms with Crippen molar-refractivity contribution < 1.29 is 0 Å². The number of rotatable bonds is 4. The number of anilines is 2. The quantitative estimate of drug-likeness (QED) is 0.910. The lowest BCUT2D eigenvalue weighted by Gasteiger charge is -2.34. The molecule has 3 heteroatoms. The van der Waals surface area contributed by atoms with Gasteiger partial charge in [-0.15, -0.1) is 0 Å². The fourth-order valence-electron chi connectivity index (χ4n) is 3.48. The summed E-state index contributed by atoms with van der Waals surface area (Å²) in [5.41, 5.74) is 2.79. The summed E-state index contributed by atoms with van der Waals surface area (Å²) in [6, 6.07) is 9.94. The Morgan fingerprint density at radius 3 is 1.90 bits per heavy atom. The average molecular weight is 273 g/mol. The van der Waals surface area contributed by atoms with Crippen molar-refractivity contribution in [2.75, 3.05) is 42.5 Å². The number of benzene rings is 1. The van der Waals surface area contributed by atoms with E-state index in [9.17, 15) is 0 Å². The zero-order valence-electron chi connectivity index (χ0n) is 12.6. The summed E-state index contributed by atoms with van der Waals surface area (Å²) >= 11 is 0. The number of nitrogens with zero attached hydrogens (tertiary/aromatic N) is 2. The van der Waals surface area contributed by atoms with E-state index in [1.165, 1.54) is 63.2 Å². The van der Waals surface area contributed by atoms with Gasteiger partial charge in [-0.25, -0.2) is 0 Å². The molecular weight excluding hydrogens is 246 g/mol. The van der Waals surface area contributed by atoms with Crippen molar-refractivity contribution in [1.29, 1.82) is 0 Å². The van der Waals surface area contributed by atoms with Crippen molar-refractivity contribution in [3.63, 3.8) is 0 Å². The fraction of sp³-hybridized carbons (Fsp3) is 0.647. The zero-order valence-corrected chi connectivity index (χ0v) is 12.6. The molecule has 20 heavy (non-hydrogen) atoms. The van der Waals surface area contributed by atoms with Crippen LogP contribution in [0.3, 0.4) is 0 Å². The van der Waals surface area contributed by atoms with E-state index in [0.29, 0.717) is 0 Å². The normalized spacial score (nSPS) is 20.6. The van der Waals surface area contributed by atoms with Gasteiger partial charge in [-0.3, -0.25) is 0 Å². The highest BCUT2D eigenvalue weighted by atomic mass is 15.2. The molecule has 3 nitrogen and oxygen atoms in total. The summed E-state index contributed by atoms with van der Waals surface area (Å²) in [6.07, 6.45) is 5.23. The monoisotopic (exact) mass is 273 g/mol. The van der Waals surface area contributed by atoms with E-state index in [1.807, 2.05) is 0 Å². The molecule has 2 aliphatic heterocycles. The maximum absolute atomic E-state index is 3.57. The summed E-state index contributed by atoms with van der Waals surface area (Å²) in [7, 11) is 0. The first kappa shape index (κ1) is 13.7. The largest absolute Gasteiger partial charge is 0.372 e. The molecule has 0 radical (unpaired) electrons. The van der Waals surface area contributed by atoms with Crippen LogP contribution in [-0.4, -0.2) is 38.8 Å². The van der Waals surface area contributed by atoms with Gasteiger partial charge in [0.1, 0.15) is 0 Å². The Hall–Kier alpha value is -1.22. The van der Waals surface area contributed by atoms with Crippen LogP contribution in [0.5, 0.6) is 0 Å². The van der Waals surface area contributed by atoms with Crippen LogP contribution in [0, 0.1) is 0 Å². The predicted molar refractivity (Wildman–Crippen MR) is 86.8 cm³/mol. The van der Waals surface area contributed by atoms with Crippen molar-refractivity contribution in [2.45, 2.75) is 38.6 Å². The van der Waals surface area contributed by atoms with Gasteiger partial charge in [0.05, 0.1) is 0 Å². The van der Waals surface area contributed by atoms with Crippen molar-refractivity contribution >= 4 is 11.4 Å².